The Morgan fingerprint density at radius 1 is 1.33 bits per heavy atom. The molecule has 0 spiro atoms. The summed E-state index contributed by atoms with van der Waals surface area (Å²) in [5, 5.41) is 7.03. The van der Waals surface area contributed by atoms with E-state index in [1.54, 1.807) is 38.6 Å². The van der Waals surface area contributed by atoms with Gasteiger partial charge in [-0.05, 0) is 30.8 Å². The van der Waals surface area contributed by atoms with Crippen molar-refractivity contribution in [2.75, 3.05) is 14.1 Å². The summed E-state index contributed by atoms with van der Waals surface area (Å²) in [5.41, 5.74) is 0.676. The van der Waals surface area contributed by atoms with E-state index in [1.807, 2.05) is 0 Å². The maximum Gasteiger partial charge on any atom is 0.278 e. The van der Waals surface area contributed by atoms with Crippen molar-refractivity contribution in [3.05, 3.63) is 24.5 Å². The average Bonchev–Trinajstić information content (AvgIpc) is 2.93. The van der Waals surface area contributed by atoms with E-state index in [1.165, 1.54) is 11.8 Å². The van der Waals surface area contributed by atoms with Crippen LogP contribution in [0.5, 0.6) is 0 Å². The molecule has 1 amide bonds. The van der Waals surface area contributed by atoms with Crippen molar-refractivity contribution in [2.45, 2.75) is 17.4 Å². The summed E-state index contributed by atoms with van der Waals surface area (Å²) >= 11 is 0.947. The van der Waals surface area contributed by atoms with Crippen LogP contribution in [0.15, 0.2) is 34.2 Å². The van der Waals surface area contributed by atoms with Crippen molar-refractivity contribution in [3.8, 4) is 11.5 Å². The monoisotopic (exact) mass is 306 g/mol. The Bertz CT molecular complexity index is 642. The van der Waals surface area contributed by atoms with Crippen LogP contribution in [0.1, 0.15) is 6.92 Å². The fourth-order valence-corrected chi connectivity index (χ4v) is 2.40. The van der Waals surface area contributed by atoms with E-state index in [4.69, 9.17) is 4.42 Å². The molecule has 0 aliphatic heterocycles. The summed E-state index contributed by atoms with van der Waals surface area (Å²) in [6.45, 7) is 1.36. The molecule has 0 aliphatic rings. The molecule has 0 bridgehead atoms. The van der Waals surface area contributed by atoms with E-state index < -0.39 is 5.25 Å². The average molecular weight is 306 g/mol. The maximum atomic E-state index is 12.0. The van der Waals surface area contributed by atoms with Crippen LogP contribution in [0.3, 0.4) is 0 Å². The Morgan fingerprint density at radius 2 is 2.10 bits per heavy atom. The van der Waals surface area contributed by atoms with Crippen molar-refractivity contribution in [2.24, 2.45) is 0 Å². The number of pyridine rings is 1. The van der Waals surface area contributed by atoms with Gasteiger partial charge in [0.1, 0.15) is 0 Å². The summed E-state index contributed by atoms with van der Waals surface area (Å²) in [6, 6.07) is 3.53. The lowest BCUT2D eigenvalue weighted by Gasteiger charge is -2.15. The predicted octanol–water partition coefficient (Wildman–Crippen LogP) is 1.27. The quantitative estimate of drug-likeness (QED) is 0.607. The molecule has 2 aromatic rings. The highest BCUT2D eigenvalue weighted by Crippen LogP contribution is 2.27. The van der Waals surface area contributed by atoms with Gasteiger partial charge < -0.3 is 9.32 Å². The van der Waals surface area contributed by atoms with Gasteiger partial charge in [-0.15, -0.1) is 10.2 Å². The number of carbonyl (C=O) groups excluding carboxylic acids is 2. The van der Waals surface area contributed by atoms with E-state index in [9.17, 15) is 9.59 Å². The summed E-state index contributed by atoms with van der Waals surface area (Å²) < 4.78 is 5.46. The Balaban J connectivity index is 2.18. The molecule has 2 heterocycles. The van der Waals surface area contributed by atoms with E-state index in [0.29, 0.717) is 11.5 Å². The molecule has 0 saturated carbocycles. The summed E-state index contributed by atoms with van der Waals surface area (Å²) in [6.07, 6.45) is 3.23. The molecular weight excluding hydrogens is 292 g/mol. The number of rotatable bonds is 5. The number of thioether (sulfide) groups is 1. The minimum absolute atomic E-state index is 0.171. The largest absolute Gasteiger partial charge is 0.411 e. The number of carbonyl (C=O) groups is 2. The van der Waals surface area contributed by atoms with Gasteiger partial charge >= 0.3 is 0 Å². The molecule has 0 aliphatic carbocycles. The van der Waals surface area contributed by atoms with Gasteiger partial charge in [-0.1, -0.05) is 0 Å². The fourth-order valence-electron chi connectivity index (χ4n) is 1.51. The smallest absolute Gasteiger partial charge is 0.278 e. The second kappa shape index (κ2) is 6.49. The number of amides is 1. The first-order chi connectivity index (χ1) is 9.99. The lowest BCUT2D eigenvalue weighted by Crippen LogP contribution is -2.35. The van der Waals surface area contributed by atoms with Crippen molar-refractivity contribution < 1.29 is 14.0 Å². The van der Waals surface area contributed by atoms with E-state index in [2.05, 4.69) is 15.2 Å². The van der Waals surface area contributed by atoms with Crippen LogP contribution in [0, 0.1) is 0 Å². The van der Waals surface area contributed by atoms with Crippen LogP contribution in [0.25, 0.3) is 11.5 Å². The molecule has 0 radical (unpaired) electrons. The molecular formula is C13H14N4O3S. The molecule has 1 unspecified atom stereocenters. The number of Topliss-reactive ketones (excluding diaryl/α,β-unsaturated/α-hetero) is 1. The Morgan fingerprint density at radius 3 is 2.67 bits per heavy atom. The van der Waals surface area contributed by atoms with Crippen LogP contribution < -0.4 is 0 Å². The highest BCUT2D eigenvalue weighted by Gasteiger charge is 2.28. The first-order valence-corrected chi connectivity index (χ1v) is 6.99. The Kier molecular flexibility index (Phi) is 4.69. The zero-order valence-corrected chi connectivity index (χ0v) is 12.6. The van der Waals surface area contributed by atoms with Gasteiger partial charge in [0.15, 0.2) is 11.0 Å². The third-order valence-corrected chi connectivity index (χ3v) is 3.70. The Hall–Kier alpha value is -2.22. The van der Waals surface area contributed by atoms with Gasteiger partial charge in [-0.2, -0.15) is 0 Å². The number of hydrogen-bond acceptors (Lipinski definition) is 7. The first-order valence-electron chi connectivity index (χ1n) is 6.11. The van der Waals surface area contributed by atoms with Gasteiger partial charge in [-0.3, -0.25) is 14.6 Å². The fraction of sp³-hybridized carbons (Fsp3) is 0.308. The standard InChI is InChI=1S/C13H14N4O3S/c1-8(18)10(12(19)17(2)3)21-13-16-15-11(20-13)9-5-4-6-14-7-9/h4-7,10H,1-3H3. The zero-order chi connectivity index (χ0) is 15.4. The molecule has 21 heavy (non-hydrogen) atoms. The summed E-state index contributed by atoms with van der Waals surface area (Å²) in [4.78, 5) is 28.9. The third kappa shape index (κ3) is 3.66. The van der Waals surface area contributed by atoms with Crippen LogP contribution in [-0.2, 0) is 9.59 Å². The number of hydrogen-bond donors (Lipinski definition) is 0. The highest BCUT2D eigenvalue weighted by molar-refractivity contribution is 8.01. The van der Waals surface area contributed by atoms with Crippen molar-refractivity contribution in [1.82, 2.24) is 20.1 Å². The normalized spacial score (nSPS) is 12.0. The van der Waals surface area contributed by atoms with Gasteiger partial charge in [-0.25, -0.2) is 0 Å². The minimum atomic E-state index is -0.887. The van der Waals surface area contributed by atoms with Crippen LogP contribution in [-0.4, -0.2) is 51.1 Å². The third-order valence-electron chi connectivity index (χ3n) is 2.57. The van der Waals surface area contributed by atoms with Crippen molar-refractivity contribution in [3.63, 3.8) is 0 Å². The molecule has 0 fully saturated rings. The first kappa shape index (κ1) is 15.2. The maximum absolute atomic E-state index is 12.0. The zero-order valence-electron chi connectivity index (χ0n) is 11.8. The van der Waals surface area contributed by atoms with Crippen LogP contribution in [0.4, 0.5) is 0 Å². The SMILES string of the molecule is CC(=O)C(Sc1nnc(-c2cccnc2)o1)C(=O)N(C)C. The number of ketones is 1. The lowest BCUT2D eigenvalue weighted by molar-refractivity contribution is -0.132. The van der Waals surface area contributed by atoms with E-state index in [0.717, 1.165) is 11.8 Å². The molecule has 2 aromatic heterocycles. The van der Waals surface area contributed by atoms with Crippen LogP contribution >= 0.6 is 11.8 Å². The highest BCUT2D eigenvalue weighted by atomic mass is 32.2. The Labute approximate surface area is 125 Å². The number of nitrogens with zero attached hydrogens (tertiary/aromatic N) is 4. The lowest BCUT2D eigenvalue weighted by atomic mass is 10.3. The summed E-state index contributed by atoms with van der Waals surface area (Å²) in [7, 11) is 3.18. The molecule has 0 saturated heterocycles. The second-order valence-corrected chi connectivity index (χ2v) is 5.51. The molecule has 110 valence electrons. The van der Waals surface area contributed by atoms with E-state index in [-0.39, 0.29) is 16.9 Å². The molecule has 0 aromatic carbocycles. The molecule has 2 rings (SSSR count). The summed E-state index contributed by atoms with van der Waals surface area (Å²) in [5.74, 6) is -0.279. The van der Waals surface area contributed by atoms with Crippen molar-refractivity contribution in [1.29, 1.82) is 0 Å². The van der Waals surface area contributed by atoms with Crippen LogP contribution in [0.2, 0.25) is 0 Å². The minimum Gasteiger partial charge on any atom is -0.411 e. The molecule has 7 nitrogen and oxygen atoms in total. The molecule has 8 heteroatoms. The molecule has 0 N–H and O–H groups in total. The van der Waals surface area contributed by atoms with Gasteiger partial charge in [0.05, 0.1) is 5.56 Å². The van der Waals surface area contributed by atoms with Gasteiger partial charge in [0.2, 0.25) is 11.8 Å². The number of aromatic nitrogens is 3. The predicted molar refractivity (Wildman–Crippen MR) is 76.5 cm³/mol. The van der Waals surface area contributed by atoms with Gasteiger partial charge in [0, 0.05) is 26.5 Å². The van der Waals surface area contributed by atoms with E-state index >= 15 is 0 Å². The second-order valence-electron chi connectivity index (χ2n) is 4.46. The topological polar surface area (TPSA) is 89.2 Å². The molecule has 1 atom stereocenters. The van der Waals surface area contributed by atoms with Crippen molar-refractivity contribution >= 4 is 23.5 Å². The van der Waals surface area contributed by atoms with Gasteiger partial charge in [0.25, 0.3) is 5.22 Å².